The Morgan fingerprint density at radius 2 is 2.20 bits per heavy atom. The molecule has 0 bridgehead atoms. The lowest BCUT2D eigenvalue weighted by molar-refractivity contribution is 1.02. The predicted molar refractivity (Wildman–Crippen MR) is 41.6 cm³/mol. The minimum Gasteiger partial charge on any atom is -0.241 e. The number of hydrogen-bond acceptors (Lipinski definition) is 2. The Bertz CT molecular complexity index is 253. The highest BCUT2D eigenvalue weighted by atomic mass is 14.9. The Morgan fingerprint density at radius 3 is 2.70 bits per heavy atom. The summed E-state index contributed by atoms with van der Waals surface area (Å²) < 4.78 is 0. The lowest BCUT2D eigenvalue weighted by Gasteiger charge is -1.97. The van der Waals surface area contributed by atoms with Gasteiger partial charge in [0.25, 0.3) is 0 Å². The van der Waals surface area contributed by atoms with E-state index in [1.807, 2.05) is 13.8 Å². The van der Waals surface area contributed by atoms with Gasteiger partial charge in [0.05, 0.1) is 5.69 Å². The molecule has 52 valence electrons. The van der Waals surface area contributed by atoms with Gasteiger partial charge in [-0.15, -0.1) is 0 Å². The highest BCUT2D eigenvalue weighted by Crippen LogP contribution is 2.03. The molecule has 0 unspecified atom stereocenters. The zero-order valence-corrected chi connectivity index (χ0v) is 6.26. The summed E-state index contributed by atoms with van der Waals surface area (Å²) in [6, 6.07) is 0. The van der Waals surface area contributed by atoms with E-state index in [1.54, 1.807) is 12.3 Å². The molecule has 1 aromatic heterocycles. The van der Waals surface area contributed by atoms with Crippen LogP contribution in [-0.2, 0) is 0 Å². The molecule has 0 aliphatic heterocycles. The Labute approximate surface area is 60.6 Å². The van der Waals surface area contributed by atoms with Crippen molar-refractivity contribution < 1.29 is 0 Å². The molecule has 2 heteroatoms. The fourth-order valence-electron chi connectivity index (χ4n) is 0.754. The van der Waals surface area contributed by atoms with Crippen LogP contribution in [0.2, 0.25) is 0 Å². The molecule has 0 fully saturated rings. The summed E-state index contributed by atoms with van der Waals surface area (Å²) in [5.41, 5.74) is 1.99. The highest BCUT2D eigenvalue weighted by molar-refractivity contribution is 5.45. The summed E-state index contributed by atoms with van der Waals surface area (Å²) in [5, 5.41) is 0. The van der Waals surface area contributed by atoms with Gasteiger partial charge in [-0.2, -0.15) is 0 Å². The zero-order chi connectivity index (χ0) is 7.56. The fourth-order valence-corrected chi connectivity index (χ4v) is 0.754. The van der Waals surface area contributed by atoms with Crippen LogP contribution in [0.15, 0.2) is 12.8 Å². The first-order valence-electron chi connectivity index (χ1n) is 3.16. The van der Waals surface area contributed by atoms with Crippen LogP contribution >= 0.6 is 0 Å². The van der Waals surface area contributed by atoms with Crippen molar-refractivity contribution in [3.8, 4) is 0 Å². The normalized spacial score (nSPS) is 9.40. The topological polar surface area (TPSA) is 25.8 Å². The SMILES string of the molecule is C=Cc1nc(C)ncc1C. The Kier molecular flexibility index (Phi) is 1.81. The molecule has 1 heterocycles. The van der Waals surface area contributed by atoms with Crippen LogP contribution < -0.4 is 0 Å². The van der Waals surface area contributed by atoms with Crippen LogP contribution in [0, 0.1) is 13.8 Å². The van der Waals surface area contributed by atoms with E-state index >= 15 is 0 Å². The van der Waals surface area contributed by atoms with E-state index in [0.29, 0.717) is 0 Å². The second-order valence-corrected chi connectivity index (χ2v) is 2.19. The Morgan fingerprint density at radius 1 is 1.50 bits per heavy atom. The van der Waals surface area contributed by atoms with Gasteiger partial charge in [-0.1, -0.05) is 6.58 Å². The standard InChI is InChI=1S/C8H10N2/c1-4-8-6(2)5-9-7(3)10-8/h4-5H,1H2,2-3H3. The van der Waals surface area contributed by atoms with Gasteiger partial charge in [0.2, 0.25) is 0 Å². The van der Waals surface area contributed by atoms with Crippen LogP contribution in [-0.4, -0.2) is 9.97 Å². The summed E-state index contributed by atoms with van der Waals surface area (Å²) in [5.74, 6) is 0.792. The largest absolute Gasteiger partial charge is 0.241 e. The Balaban J connectivity index is 3.21. The lowest BCUT2D eigenvalue weighted by atomic mass is 10.2. The molecular formula is C8H10N2. The molecule has 0 radical (unpaired) electrons. The van der Waals surface area contributed by atoms with Gasteiger partial charge in [-0.05, 0) is 25.5 Å². The highest BCUT2D eigenvalue weighted by Gasteiger charge is 1.94. The van der Waals surface area contributed by atoms with Crippen molar-refractivity contribution in [1.29, 1.82) is 0 Å². The second-order valence-electron chi connectivity index (χ2n) is 2.19. The van der Waals surface area contributed by atoms with Crippen molar-refractivity contribution in [1.82, 2.24) is 9.97 Å². The molecule has 0 saturated heterocycles. The van der Waals surface area contributed by atoms with Gasteiger partial charge in [-0.3, -0.25) is 0 Å². The molecule has 0 saturated carbocycles. The van der Waals surface area contributed by atoms with E-state index in [4.69, 9.17) is 0 Å². The molecule has 0 atom stereocenters. The van der Waals surface area contributed by atoms with E-state index in [0.717, 1.165) is 17.1 Å². The first-order chi connectivity index (χ1) is 4.74. The van der Waals surface area contributed by atoms with Gasteiger partial charge in [0.1, 0.15) is 5.82 Å². The molecule has 0 N–H and O–H groups in total. The molecule has 0 spiro atoms. The van der Waals surface area contributed by atoms with Crippen molar-refractivity contribution in [2.45, 2.75) is 13.8 Å². The average molecular weight is 134 g/mol. The number of aryl methyl sites for hydroxylation is 2. The van der Waals surface area contributed by atoms with Gasteiger partial charge >= 0.3 is 0 Å². The first kappa shape index (κ1) is 6.93. The van der Waals surface area contributed by atoms with Crippen LogP contribution in [0.1, 0.15) is 17.1 Å². The van der Waals surface area contributed by atoms with Crippen LogP contribution in [0.25, 0.3) is 6.08 Å². The average Bonchev–Trinajstić information content (AvgIpc) is 1.94. The molecule has 0 amide bonds. The number of hydrogen-bond donors (Lipinski definition) is 0. The molecule has 0 aromatic carbocycles. The summed E-state index contributed by atoms with van der Waals surface area (Å²) in [6.07, 6.45) is 3.54. The van der Waals surface area contributed by atoms with E-state index in [1.165, 1.54) is 0 Å². The van der Waals surface area contributed by atoms with E-state index in [-0.39, 0.29) is 0 Å². The summed E-state index contributed by atoms with van der Waals surface area (Å²) in [4.78, 5) is 8.19. The summed E-state index contributed by atoms with van der Waals surface area (Å²) >= 11 is 0. The molecular weight excluding hydrogens is 124 g/mol. The maximum absolute atomic E-state index is 4.16. The fraction of sp³-hybridized carbons (Fsp3) is 0.250. The molecule has 1 rings (SSSR count). The zero-order valence-electron chi connectivity index (χ0n) is 6.26. The maximum Gasteiger partial charge on any atom is 0.125 e. The van der Waals surface area contributed by atoms with E-state index in [2.05, 4.69) is 16.5 Å². The predicted octanol–water partition coefficient (Wildman–Crippen LogP) is 1.74. The van der Waals surface area contributed by atoms with Gasteiger partial charge < -0.3 is 0 Å². The van der Waals surface area contributed by atoms with Gasteiger partial charge in [0.15, 0.2) is 0 Å². The monoisotopic (exact) mass is 134 g/mol. The van der Waals surface area contributed by atoms with E-state index in [9.17, 15) is 0 Å². The quantitative estimate of drug-likeness (QED) is 0.584. The minimum absolute atomic E-state index is 0.792. The van der Waals surface area contributed by atoms with Crippen molar-refractivity contribution >= 4 is 6.08 Å². The Hall–Kier alpha value is -1.18. The molecule has 10 heavy (non-hydrogen) atoms. The van der Waals surface area contributed by atoms with Crippen molar-refractivity contribution in [2.24, 2.45) is 0 Å². The van der Waals surface area contributed by atoms with Crippen LogP contribution in [0.5, 0.6) is 0 Å². The number of aromatic nitrogens is 2. The lowest BCUT2D eigenvalue weighted by Crippen LogP contribution is -1.92. The molecule has 2 nitrogen and oxygen atoms in total. The third-order valence-corrected chi connectivity index (χ3v) is 1.32. The number of nitrogens with zero attached hydrogens (tertiary/aromatic N) is 2. The third-order valence-electron chi connectivity index (χ3n) is 1.32. The van der Waals surface area contributed by atoms with Crippen molar-refractivity contribution in [3.63, 3.8) is 0 Å². The van der Waals surface area contributed by atoms with Crippen LogP contribution in [0.3, 0.4) is 0 Å². The summed E-state index contributed by atoms with van der Waals surface area (Å²) in [7, 11) is 0. The van der Waals surface area contributed by atoms with E-state index < -0.39 is 0 Å². The second kappa shape index (κ2) is 2.60. The summed E-state index contributed by atoms with van der Waals surface area (Å²) in [6.45, 7) is 7.48. The van der Waals surface area contributed by atoms with Crippen molar-refractivity contribution in [3.05, 3.63) is 29.9 Å². The number of rotatable bonds is 1. The van der Waals surface area contributed by atoms with Gasteiger partial charge in [-0.25, -0.2) is 9.97 Å². The minimum atomic E-state index is 0.792. The molecule has 0 aliphatic rings. The van der Waals surface area contributed by atoms with Crippen LogP contribution in [0.4, 0.5) is 0 Å². The molecule has 1 aromatic rings. The smallest absolute Gasteiger partial charge is 0.125 e. The van der Waals surface area contributed by atoms with Gasteiger partial charge in [0, 0.05) is 6.20 Å². The van der Waals surface area contributed by atoms with Crippen molar-refractivity contribution in [2.75, 3.05) is 0 Å². The maximum atomic E-state index is 4.16. The third kappa shape index (κ3) is 1.21. The first-order valence-corrected chi connectivity index (χ1v) is 3.16. The molecule has 0 aliphatic carbocycles.